The molecule has 2 atom stereocenters. The maximum absolute atomic E-state index is 2.72. The Kier molecular flexibility index (Phi) is 3.53. The quantitative estimate of drug-likeness (QED) is 0.762. The summed E-state index contributed by atoms with van der Waals surface area (Å²) in [5.41, 5.74) is 4.25. The van der Waals surface area contributed by atoms with Crippen molar-refractivity contribution in [1.82, 2.24) is 4.90 Å². The summed E-state index contributed by atoms with van der Waals surface area (Å²) in [4.78, 5) is 5.37. The summed E-state index contributed by atoms with van der Waals surface area (Å²) >= 11 is 0. The molecule has 2 heteroatoms. The minimum Gasteiger partial charge on any atom is -0.366 e. The molecule has 0 aromatic heterocycles. The normalized spacial score (nSPS) is 28.3. The standard InChI is InChI=1S/C17H26N2/c1-13-7-8-14(2)17(10-13)19-12-16-6-4-5-9-18(16)11-15(19)3/h7-8,10,15-16H,4-6,9,11-12H2,1-3H3. The van der Waals surface area contributed by atoms with Crippen molar-refractivity contribution in [2.75, 3.05) is 24.5 Å². The molecule has 2 aliphatic rings. The number of hydrogen-bond acceptors (Lipinski definition) is 2. The third-order valence-corrected chi connectivity index (χ3v) is 4.86. The molecule has 1 aromatic rings. The summed E-state index contributed by atoms with van der Waals surface area (Å²) in [6.07, 6.45) is 4.19. The van der Waals surface area contributed by atoms with Gasteiger partial charge in [0.15, 0.2) is 0 Å². The lowest BCUT2D eigenvalue weighted by Crippen LogP contribution is -2.59. The first-order valence-corrected chi connectivity index (χ1v) is 7.73. The Balaban J connectivity index is 1.85. The van der Waals surface area contributed by atoms with Crippen LogP contribution < -0.4 is 4.90 Å². The SMILES string of the molecule is Cc1ccc(C)c(N2CC3CCCCN3CC2C)c1. The molecule has 0 aliphatic carbocycles. The van der Waals surface area contributed by atoms with E-state index in [0.717, 1.165) is 6.04 Å². The summed E-state index contributed by atoms with van der Waals surface area (Å²) in [6, 6.07) is 8.27. The molecular formula is C17H26N2. The third-order valence-electron chi connectivity index (χ3n) is 4.86. The fourth-order valence-corrected chi connectivity index (χ4v) is 3.72. The van der Waals surface area contributed by atoms with E-state index in [-0.39, 0.29) is 0 Å². The Morgan fingerprint density at radius 1 is 1.11 bits per heavy atom. The van der Waals surface area contributed by atoms with E-state index < -0.39 is 0 Å². The third kappa shape index (κ3) is 2.51. The van der Waals surface area contributed by atoms with Crippen molar-refractivity contribution in [3.05, 3.63) is 29.3 Å². The fourth-order valence-electron chi connectivity index (χ4n) is 3.72. The molecule has 3 rings (SSSR count). The number of piperazine rings is 1. The second-order valence-corrected chi connectivity index (χ2v) is 6.44. The molecule has 0 amide bonds. The molecule has 2 aliphatic heterocycles. The van der Waals surface area contributed by atoms with E-state index in [9.17, 15) is 0 Å². The van der Waals surface area contributed by atoms with E-state index in [4.69, 9.17) is 0 Å². The lowest BCUT2D eigenvalue weighted by atomic mass is 9.96. The fraction of sp³-hybridized carbons (Fsp3) is 0.647. The van der Waals surface area contributed by atoms with Gasteiger partial charge in [-0.05, 0) is 57.4 Å². The molecule has 0 radical (unpaired) electrons. The number of piperidine rings is 1. The minimum absolute atomic E-state index is 0.634. The van der Waals surface area contributed by atoms with Crippen LogP contribution in [-0.4, -0.2) is 36.6 Å². The van der Waals surface area contributed by atoms with Gasteiger partial charge < -0.3 is 4.90 Å². The number of aryl methyl sites for hydroxylation is 2. The van der Waals surface area contributed by atoms with E-state index in [1.807, 2.05) is 0 Å². The van der Waals surface area contributed by atoms with Crippen LogP contribution in [0.2, 0.25) is 0 Å². The van der Waals surface area contributed by atoms with Gasteiger partial charge in [-0.2, -0.15) is 0 Å². The summed E-state index contributed by atoms with van der Waals surface area (Å²) in [6.45, 7) is 10.6. The smallest absolute Gasteiger partial charge is 0.0401 e. The van der Waals surface area contributed by atoms with Crippen LogP contribution in [0.25, 0.3) is 0 Å². The van der Waals surface area contributed by atoms with Gasteiger partial charge in [-0.15, -0.1) is 0 Å². The largest absolute Gasteiger partial charge is 0.366 e. The Bertz CT molecular complexity index is 455. The monoisotopic (exact) mass is 258 g/mol. The molecule has 0 N–H and O–H groups in total. The zero-order valence-electron chi connectivity index (χ0n) is 12.5. The molecule has 0 saturated carbocycles. The van der Waals surface area contributed by atoms with Crippen LogP contribution in [-0.2, 0) is 0 Å². The topological polar surface area (TPSA) is 6.48 Å². The second kappa shape index (κ2) is 5.16. The van der Waals surface area contributed by atoms with Gasteiger partial charge in [0.1, 0.15) is 0 Å². The zero-order chi connectivity index (χ0) is 13.4. The Hall–Kier alpha value is -1.02. The number of rotatable bonds is 1. The summed E-state index contributed by atoms with van der Waals surface area (Å²) in [5, 5.41) is 0. The maximum Gasteiger partial charge on any atom is 0.0401 e. The molecule has 2 heterocycles. The number of fused-ring (bicyclic) bond motifs is 1. The first-order valence-electron chi connectivity index (χ1n) is 7.73. The van der Waals surface area contributed by atoms with Crippen LogP contribution in [0.3, 0.4) is 0 Å². The summed E-state index contributed by atoms with van der Waals surface area (Å²) in [7, 11) is 0. The van der Waals surface area contributed by atoms with Crippen molar-refractivity contribution in [3.63, 3.8) is 0 Å². The highest BCUT2D eigenvalue weighted by atomic mass is 15.3. The van der Waals surface area contributed by atoms with E-state index in [0.29, 0.717) is 6.04 Å². The van der Waals surface area contributed by atoms with Gasteiger partial charge in [-0.3, -0.25) is 4.90 Å². The predicted molar refractivity (Wildman–Crippen MR) is 81.9 cm³/mol. The van der Waals surface area contributed by atoms with Crippen LogP contribution in [0.5, 0.6) is 0 Å². The maximum atomic E-state index is 2.72. The average Bonchev–Trinajstić information content (AvgIpc) is 2.41. The Morgan fingerprint density at radius 2 is 1.95 bits per heavy atom. The summed E-state index contributed by atoms with van der Waals surface area (Å²) < 4.78 is 0. The first-order chi connectivity index (χ1) is 9.15. The molecule has 2 unspecified atom stereocenters. The number of benzene rings is 1. The molecule has 2 saturated heterocycles. The van der Waals surface area contributed by atoms with Crippen LogP contribution in [0.1, 0.15) is 37.3 Å². The summed E-state index contributed by atoms with van der Waals surface area (Å²) in [5.74, 6) is 0. The highest BCUT2D eigenvalue weighted by Crippen LogP contribution is 2.30. The van der Waals surface area contributed by atoms with Gasteiger partial charge in [0.05, 0.1) is 0 Å². The molecule has 19 heavy (non-hydrogen) atoms. The number of nitrogens with zero attached hydrogens (tertiary/aromatic N) is 2. The zero-order valence-corrected chi connectivity index (χ0v) is 12.5. The molecule has 0 spiro atoms. The van der Waals surface area contributed by atoms with E-state index in [1.165, 1.54) is 55.7 Å². The van der Waals surface area contributed by atoms with Gasteiger partial charge in [0, 0.05) is 30.9 Å². The van der Waals surface area contributed by atoms with Crippen molar-refractivity contribution < 1.29 is 0 Å². The molecule has 1 aromatic carbocycles. The van der Waals surface area contributed by atoms with Crippen molar-refractivity contribution in [2.45, 2.75) is 52.1 Å². The highest BCUT2D eigenvalue weighted by molar-refractivity contribution is 5.56. The van der Waals surface area contributed by atoms with Gasteiger partial charge in [-0.25, -0.2) is 0 Å². The highest BCUT2D eigenvalue weighted by Gasteiger charge is 2.33. The molecular weight excluding hydrogens is 232 g/mol. The second-order valence-electron chi connectivity index (χ2n) is 6.44. The van der Waals surface area contributed by atoms with Gasteiger partial charge >= 0.3 is 0 Å². The van der Waals surface area contributed by atoms with Crippen molar-refractivity contribution >= 4 is 5.69 Å². The van der Waals surface area contributed by atoms with Crippen molar-refractivity contribution in [2.24, 2.45) is 0 Å². The number of hydrogen-bond donors (Lipinski definition) is 0. The molecule has 2 fully saturated rings. The van der Waals surface area contributed by atoms with E-state index >= 15 is 0 Å². The average molecular weight is 258 g/mol. The van der Waals surface area contributed by atoms with Crippen molar-refractivity contribution in [1.29, 1.82) is 0 Å². The number of anilines is 1. The van der Waals surface area contributed by atoms with Gasteiger partial charge in [0.2, 0.25) is 0 Å². The minimum atomic E-state index is 0.634. The molecule has 104 valence electrons. The van der Waals surface area contributed by atoms with Crippen molar-refractivity contribution in [3.8, 4) is 0 Å². The van der Waals surface area contributed by atoms with E-state index in [1.54, 1.807) is 0 Å². The van der Waals surface area contributed by atoms with E-state index in [2.05, 4.69) is 48.8 Å². The lowest BCUT2D eigenvalue weighted by molar-refractivity contribution is 0.115. The molecule has 0 bridgehead atoms. The van der Waals surface area contributed by atoms with Crippen LogP contribution in [0, 0.1) is 13.8 Å². The molecule has 2 nitrogen and oxygen atoms in total. The Labute approximate surface area is 117 Å². The first kappa shape index (κ1) is 13.0. The predicted octanol–water partition coefficient (Wildman–Crippen LogP) is 3.37. The van der Waals surface area contributed by atoms with Crippen LogP contribution in [0.15, 0.2) is 18.2 Å². The van der Waals surface area contributed by atoms with Crippen LogP contribution in [0.4, 0.5) is 5.69 Å². The Morgan fingerprint density at radius 3 is 2.79 bits per heavy atom. The van der Waals surface area contributed by atoms with Crippen LogP contribution >= 0.6 is 0 Å². The van der Waals surface area contributed by atoms with Gasteiger partial charge in [0.25, 0.3) is 0 Å². The lowest BCUT2D eigenvalue weighted by Gasteiger charge is -2.49. The van der Waals surface area contributed by atoms with Gasteiger partial charge in [-0.1, -0.05) is 18.6 Å².